The van der Waals surface area contributed by atoms with Crippen LogP contribution in [0.2, 0.25) is 0 Å². The second kappa shape index (κ2) is 11.2. The molecule has 2 aromatic heterocycles. The second-order valence-corrected chi connectivity index (χ2v) is 10.2. The zero-order valence-electron chi connectivity index (χ0n) is 20.8. The van der Waals surface area contributed by atoms with Crippen LogP contribution in [-0.2, 0) is 4.74 Å². The third-order valence-corrected chi connectivity index (χ3v) is 7.33. The average Bonchev–Trinajstić information content (AvgIpc) is 3.76. The molecule has 0 atom stereocenters. The number of anilines is 1. The van der Waals surface area contributed by atoms with Gasteiger partial charge in [0.15, 0.2) is 10.9 Å². The quantitative estimate of drug-likeness (QED) is 0.249. The van der Waals surface area contributed by atoms with Gasteiger partial charge in [0.1, 0.15) is 5.49 Å². The smallest absolute Gasteiger partial charge is 0.171 e. The molecule has 3 heterocycles. The number of ether oxygens (including phenoxy) is 2. The van der Waals surface area contributed by atoms with E-state index in [0.29, 0.717) is 25.7 Å². The van der Waals surface area contributed by atoms with Crippen LogP contribution in [0, 0.1) is 16.7 Å². The Bertz CT molecular complexity index is 1420. The van der Waals surface area contributed by atoms with E-state index >= 15 is 0 Å². The highest BCUT2D eigenvalue weighted by Gasteiger charge is 2.25. The van der Waals surface area contributed by atoms with Gasteiger partial charge < -0.3 is 20.1 Å². The van der Waals surface area contributed by atoms with Crippen LogP contribution in [0.1, 0.15) is 18.4 Å². The number of nitrogens with zero attached hydrogens (tertiary/aromatic N) is 4. The van der Waals surface area contributed by atoms with Crippen molar-refractivity contribution in [1.82, 2.24) is 9.55 Å². The number of hydrogen-bond donors (Lipinski definition) is 3. The third-order valence-electron chi connectivity index (χ3n) is 6.45. The molecule has 1 aromatic carbocycles. The van der Waals surface area contributed by atoms with E-state index in [1.54, 1.807) is 31.6 Å². The molecule has 0 unspecified atom stereocenters. The Morgan fingerprint density at radius 2 is 2.08 bits per heavy atom. The lowest BCUT2D eigenvalue weighted by Crippen LogP contribution is -2.36. The number of morpholine rings is 1. The van der Waals surface area contributed by atoms with Gasteiger partial charge in [-0.05, 0) is 49.1 Å². The first kappa shape index (κ1) is 25.0. The molecule has 2 fully saturated rings. The summed E-state index contributed by atoms with van der Waals surface area (Å²) >= 11 is 1.28. The number of fused-ring (bicyclic) bond motifs is 1. The molecule has 0 bridgehead atoms. The average molecular weight is 518 g/mol. The Balaban J connectivity index is 1.47. The molecule has 2 aliphatic rings. The van der Waals surface area contributed by atoms with Gasteiger partial charge in [-0.1, -0.05) is 11.8 Å². The van der Waals surface area contributed by atoms with Crippen LogP contribution in [0.3, 0.4) is 0 Å². The second-order valence-electron chi connectivity index (χ2n) is 9.09. The predicted molar refractivity (Wildman–Crippen MR) is 149 cm³/mol. The van der Waals surface area contributed by atoms with Gasteiger partial charge in [-0.25, -0.2) is 0 Å². The first-order valence-corrected chi connectivity index (χ1v) is 13.2. The van der Waals surface area contributed by atoms with E-state index in [9.17, 15) is 0 Å². The van der Waals surface area contributed by atoms with Gasteiger partial charge >= 0.3 is 0 Å². The molecule has 5 rings (SSSR count). The highest BCUT2D eigenvalue weighted by atomic mass is 32.2. The van der Waals surface area contributed by atoms with Crippen LogP contribution >= 0.6 is 11.8 Å². The SMILES string of the molecule is CN=CC(=CN)c1ccc(=N)n(C(=N)Sc2ccc3ncc(N4CCOCC4)c(OCC4CC4)c3c2)c1. The maximum Gasteiger partial charge on any atom is 0.171 e. The number of thioether (sulfide) groups is 1. The summed E-state index contributed by atoms with van der Waals surface area (Å²) in [6, 6.07) is 9.41. The highest BCUT2D eigenvalue weighted by molar-refractivity contribution is 8.13. The van der Waals surface area contributed by atoms with Gasteiger partial charge in [-0.2, -0.15) is 0 Å². The number of nitrogens with one attached hydrogen (secondary N) is 2. The minimum Gasteiger partial charge on any atom is -0.490 e. The van der Waals surface area contributed by atoms with Crippen LogP contribution in [0.15, 0.2) is 58.8 Å². The van der Waals surface area contributed by atoms with E-state index in [0.717, 1.165) is 51.5 Å². The lowest BCUT2D eigenvalue weighted by molar-refractivity contribution is 0.122. The van der Waals surface area contributed by atoms with E-state index in [2.05, 4.69) is 9.89 Å². The Morgan fingerprint density at radius 1 is 1.27 bits per heavy atom. The number of allylic oxidation sites excluding steroid dienone is 1. The minimum atomic E-state index is 0.203. The summed E-state index contributed by atoms with van der Waals surface area (Å²) in [5.74, 6) is 1.47. The normalized spacial score (nSPS) is 16.5. The van der Waals surface area contributed by atoms with E-state index in [1.807, 2.05) is 24.4 Å². The number of aliphatic imine (C=N–C) groups is 1. The number of aromatic nitrogens is 2. The fourth-order valence-electron chi connectivity index (χ4n) is 4.22. The summed E-state index contributed by atoms with van der Waals surface area (Å²) in [6.07, 6.45) is 9.20. The lowest BCUT2D eigenvalue weighted by atomic mass is 10.1. The monoisotopic (exact) mass is 517 g/mol. The van der Waals surface area contributed by atoms with Gasteiger partial charge in [-0.15, -0.1) is 0 Å². The van der Waals surface area contributed by atoms with Gasteiger partial charge in [0.05, 0.1) is 37.2 Å². The molecule has 1 aliphatic carbocycles. The van der Waals surface area contributed by atoms with E-state index in [-0.39, 0.29) is 10.7 Å². The molecule has 1 saturated heterocycles. The van der Waals surface area contributed by atoms with E-state index in [1.165, 1.54) is 35.4 Å². The molecule has 0 radical (unpaired) electrons. The molecule has 0 spiro atoms. The van der Waals surface area contributed by atoms with Crippen LogP contribution < -0.4 is 20.9 Å². The molecule has 3 aromatic rings. The van der Waals surface area contributed by atoms with Crippen molar-refractivity contribution in [2.75, 3.05) is 44.9 Å². The summed E-state index contributed by atoms with van der Waals surface area (Å²) < 4.78 is 13.5. The fraction of sp³-hybridized carbons (Fsp3) is 0.333. The maximum absolute atomic E-state index is 8.77. The topological polar surface area (TPSA) is 126 Å². The largest absolute Gasteiger partial charge is 0.490 e. The molecular weight excluding hydrogens is 486 g/mol. The number of hydrogen-bond acceptors (Lipinski definition) is 9. The summed E-state index contributed by atoms with van der Waals surface area (Å²) in [6.45, 7) is 3.67. The molecule has 0 amide bonds. The zero-order valence-corrected chi connectivity index (χ0v) is 21.6. The number of nitrogens with two attached hydrogens (primary N) is 1. The molecule has 9 nitrogen and oxygen atoms in total. The fourth-order valence-corrected chi connectivity index (χ4v) is 5.01. The summed E-state index contributed by atoms with van der Waals surface area (Å²) in [7, 11) is 1.68. The Morgan fingerprint density at radius 3 is 2.81 bits per heavy atom. The summed E-state index contributed by atoms with van der Waals surface area (Å²) in [5.41, 5.74) is 9.31. The molecular formula is C27H31N7O2S. The van der Waals surface area contributed by atoms with Crippen molar-refractivity contribution in [2.24, 2.45) is 16.6 Å². The van der Waals surface area contributed by atoms with Gasteiger partial charge in [0.25, 0.3) is 0 Å². The summed E-state index contributed by atoms with van der Waals surface area (Å²) in [4.78, 5) is 11.9. The van der Waals surface area contributed by atoms with Crippen molar-refractivity contribution >= 4 is 45.3 Å². The minimum absolute atomic E-state index is 0.203. The van der Waals surface area contributed by atoms with Crippen molar-refractivity contribution in [2.45, 2.75) is 17.7 Å². The first-order valence-electron chi connectivity index (χ1n) is 12.3. The standard InChI is InChI=1S/C27H31N7O2S/c1-31-14-20(13-28)19-4-7-25(29)34(16-19)27(30)37-21-5-6-23-22(12-21)26(36-17-18-2-3-18)24(15-32-23)33-8-10-35-11-9-33/h4-7,12-16,18,29-30H,2-3,8-11,17,28H2,1H3. The molecule has 10 heteroatoms. The molecule has 37 heavy (non-hydrogen) atoms. The molecule has 1 saturated carbocycles. The van der Waals surface area contributed by atoms with Gasteiger partial charge in [0.2, 0.25) is 0 Å². The highest BCUT2D eigenvalue weighted by Crippen LogP contribution is 2.39. The zero-order chi connectivity index (χ0) is 25.8. The van der Waals surface area contributed by atoms with Crippen molar-refractivity contribution in [3.8, 4) is 5.75 Å². The van der Waals surface area contributed by atoms with Crippen molar-refractivity contribution in [3.05, 3.63) is 60.0 Å². The number of benzene rings is 1. The molecule has 1 aliphatic heterocycles. The Labute approximate surface area is 220 Å². The van der Waals surface area contributed by atoms with E-state index in [4.69, 9.17) is 31.0 Å². The van der Waals surface area contributed by atoms with Crippen molar-refractivity contribution < 1.29 is 9.47 Å². The third kappa shape index (κ3) is 5.70. The maximum atomic E-state index is 8.77. The number of pyridine rings is 2. The Kier molecular flexibility index (Phi) is 7.57. The van der Waals surface area contributed by atoms with Crippen LogP contribution in [0.5, 0.6) is 5.75 Å². The van der Waals surface area contributed by atoms with Gasteiger partial charge in [0, 0.05) is 60.2 Å². The lowest BCUT2D eigenvalue weighted by Gasteiger charge is -2.30. The number of rotatable bonds is 7. The Hall–Kier alpha value is -3.63. The molecule has 192 valence electrons. The van der Waals surface area contributed by atoms with Crippen LogP contribution in [0.4, 0.5) is 5.69 Å². The first-order chi connectivity index (χ1) is 18.1. The van der Waals surface area contributed by atoms with Crippen LogP contribution in [0.25, 0.3) is 16.5 Å². The molecule has 4 N–H and O–H groups in total. The van der Waals surface area contributed by atoms with E-state index < -0.39 is 0 Å². The van der Waals surface area contributed by atoms with Gasteiger partial charge in [-0.3, -0.25) is 25.4 Å². The van der Waals surface area contributed by atoms with Crippen molar-refractivity contribution in [3.63, 3.8) is 0 Å². The van der Waals surface area contributed by atoms with Crippen LogP contribution in [-0.4, -0.2) is 60.9 Å². The summed E-state index contributed by atoms with van der Waals surface area (Å²) in [5, 5.41) is 18.3. The predicted octanol–water partition coefficient (Wildman–Crippen LogP) is 3.72. The van der Waals surface area contributed by atoms with Crippen molar-refractivity contribution in [1.29, 1.82) is 10.8 Å².